The Hall–Kier alpha value is -2.62. The van der Waals surface area contributed by atoms with Gasteiger partial charge < -0.3 is 11.1 Å². The summed E-state index contributed by atoms with van der Waals surface area (Å²) < 4.78 is 0. The number of benzene rings is 2. The highest BCUT2D eigenvalue weighted by Crippen LogP contribution is 2.37. The number of ketones is 2. The van der Waals surface area contributed by atoms with Gasteiger partial charge in [0, 0.05) is 29.0 Å². The summed E-state index contributed by atoms with van der Waals surface area (Å²) in [4.78, 5) is 25.8. The van der Waals surface area contributed by atoms with Gasteiger partial charge in [0.25, 0.3) is 0 Å². The number of nitrogens with two attached hydrogens (primary N) is 1. The first kappa shape index (κ1) is 15.3. The molecule has 2 aromatic carbocycles. The number of carbonyl (C=O) groups excluding carboxylic acids is 2. The highest BCUT2D eigenvalue weighted by atomic mass is 16.1. The number of hydrogen-bond donors (Lipinski definition) is 2. The molecule has 0 saturated heterocycles. The van der Waals surface area contributed by atoms with Gasteiger partial charge in [0.15, 0.2) is 11.6 Å². The molecule has 118 valence electrons. The van der Waals surface area contributed by atoms with E-state index in [9.17, 15) is 9.59 Å². The molecule has 0 spiro atoms. The minimum atomic E-state index is -0.171. The first-order valence-corrected chi connectivity index (χ1v) is 7.91. The van der Waals surface area contributed by atoms with Crippen molar-refractivity contribution in [3.05, 3.63) is 58.1 Å². The molecule has 1 aliphatic carbocycles. The average molecular weight is 308 g/mol. The van der Waals surface area contributed by atoms with Gasteiger partial charge in [0.05, 0.1) is 11.1 Å². The monoisotopic (exact) mass is 308 g/mol. The van der Waals surface area contributed by atoms with Crippen LogP contribution in [0.1, 0.15) is 57.2 Å². The van der Waals surface area contributed by atoms with Crippen molar-refractivity contribution in [2.24, 2.45) is 0 Å². The van der Waals surface area contributed by atoms with E-state index in [1.165, 1.54) is 0 Å². The van der Waals surface area contributed by atoms with E-state index in [1.807, 2.05) is 13.0 Å². The molecule has 0 fully saturated rings. The molecule has 1 aliphatic rings. The van der Waals surface area contributed by atoms with E-state index in [-0.39, 0.29) is 11.6 Å². The first-order valence-electron chi connectivity index (χ1n) is 7.91. The summed E-state index contributed by atoms with van der Waals surface area (Å²) in [7, 11) is 0. The van der Waals surface area contributed by atoms with E-state index in [2.05, 4.69) is 12.2 Å². The Bertz CT molecular complexity index is 809. The molecule has 0 saturated carbocycles. The normalized spacial score (nSPS) is 12.8. The summed E-state index contributed by atoms with van der Waals surface area (Å²) in [6, 6.07) is 8.79. The fourth-order valence-electron chi connectivity index (χ4n) is 2.99. The van der Waals surface area contributed by atoms with Gasteiger partial charge in [-0.3, -0.25) is 9.59 Å². The summed E-state index contributed by atoms with van der Waals surface area (Å²) >= 11 is 0. The van der Waals surface area contributed by atoms with Gasteiger partial charge in [-0.1, -0.05) is 37.6 Å². The molecule has 0 radical (unpaired) electrons. The number of unbranched alkanes of at least 4 members (excludes halogenated alkanes) is 1. The Morgan fingerprint density at radius 2 is 1.65 bits per heavy atom. The van der Waals surface area contributed by atoms with Crippen molar-refractivity contribution in [1.29, 1.82) is 0 Å². The Morgan fingerprint density at radius 3 is 2.26 bits per heavy atom. The lowest BCUT2D eigenvalue weighted by Crippen LogP contribution is -2.24. The van der Waals surface area contributed by atoms with Crippen molar-refractivity contribution in [2.45, 2.75) is 26.7 Å². The first-order chi connectivity index (χ1) is 11.1. The van der Waals surface area contributed by atoms with E-state index in [0.29, 0.717) is 33.6 Å². The molecule has 0 atom stereocenters. The number of aryl methyl sites for hydroxylation is 1. The highest BCUT2D eigenvalue weighted by molar-refractivity contribution is 6.32. The van der Waals surface area contributed by atoms with Gasteiger partial charge in [-0.2, -0.15) is 0 Å². The largest absolute Gasteiger partial charge is 0.398 e. The molecular formula is C19H20N2O2. The lowest BCUT2D eigenvalue weighted by Gasteiger charge is -2.23. The molecule has 3 rings (SSSR count). The fraction of sp³-hybridized carbons (Fsp3) is 0.263. The minimum Gasteiger partial charge on any atom is -0.398 e. The summed E-state index contributed by atoms with van der Waals surface area (Å²) in [5.41, 5.74) is 9.68. The van der Waals surface area contributed by atoms with Crippen LogP contribution in [-0.2, 0) is 0 Å². The second-order valence-electron chi connectivity index (χ2n) is 5.89. The van der Waals surface area contributed by atoms with Crippen LogP contribution in [0, 0.1) is 6.92 Å². The second-order valence-corrected chi connectivity index (χ2v) is 5.89. The average Bonchev–Trinajstić information content (AvgIpc) is 2.56. The van der Waals surface area contributed by atoms with Crippen molar-refractivity contribution in [3.8, 4) is 0 Å². The summed E-state index contributed by atoms with van der Waals surface area (Å²) in [6.45, 7) is 4.73. The maximum atomic E-state index is 12.9. The zero-order chi connectivity index (χ0) is 16.6. The maximum Gasteiger partial charge on any atom is 0.196 e. The fourth-order valence-corrected chi connectivity index (χ4v) is 2.99. The van der Waals surface area contributed by atoms with Crippen LogP contribution in [0.5, 0.6) is 0 Å². The van der Waals surface area contributed by atoms with Crippen LogP contribution in [0.2, 0.25) is 0 Å². The predicted octanol–water partition coefficient (Wildman–Crippen LogP) is 3.56. The third-order valence-electron chi connectivity index (χ3n) is 4.29. The number of rotatable bonds is 4. The number of anilines is 2. The third-order valence-corrected chi connectivity index (χ3v) is 4.29. The van der Waals surface area contributed by atoms with Crippen LogP contribution >= 0.6 is 0 Å². The molecule has 4 heteroatoms. The number of nitrogen functional groups attached to an aromatic ring is 1. The number of hydrogen-bond acceptors (Lipinski definition) is 4. The van der Waals surface area contributed by atoms with Crippen LogP contribution in [0.15, 0.2) is 30.3 Å². The zero-order valence-electron chi connectivity index (χ0n) is 13.4. The van der Waals surface area contributed by atoms with Crippen molar-refractivity contribution in [1.82, 2.24) is 0 Å². The predicted molar refractivity (Wildman–Crippen MR) is 92.3 cm³/mol. The topological polar surface area (TPSA) is 72.2 Å². The Kier molecular flexibility index (Phi) is 3.90. The zero-order valence-corrected chi connectivity index (χ0v) is 13.4. The number of nitrogens with one attached hydrogen (secondary N) is 1. The smallest absolute Gasteiger partial charge is 0.196 e. The standard InChI is InChI=1S/C19H20N2O2/c1-3-4-9-21-14-10-11(2)17(20)16-15(14)18(22)12-7-5-6-8-13(12)19(16)23/h5-8,10,21H,3-4,9,20H2,1-2H3. The summed E-state index contributed by atoms with van der Waals surface area (Å²) in [5.74, 6) is -0.309. The van der Waals surface area contributed by atoms with E-state index in [1.54, 1.807) is 24.3 Å². The lowest BCUT2D eigenvalue weighted by molar-refractivity contribution is 0.0980. The van der Waals surface area contributed by atoms with E-state index < -0.39 is 0 Å². The van der Waals surface area contributed by atoms with Gasteiger partial charge in [0.2, 0.25) is 0 Å². The SMILES string of the molecule is CCCCNc1cc(C)c(N)c2c1C(=O)c1ccccc1C2=O. The third kappa shape index (κ3) is 2.40. The highest BCUT2D eigenvalue weighted by Gasteiger charge is 2.33. The van der Waals surface area contributed by atoms with Crippen molar-refractivity contribution >= 4 is 22.9 Å². The molecule has 4 nitrogen and oxygen atoms in total. The Labute approximate surface area is 135 Å². The summed E-state index contributed by atoms with van der Waals surface area (Å²) in [6.07, 6.45) is 2.05. The minimum absolute atomic E-state index is 0.138. The molecule has 3 N–H and O–H groups in total. The van der Waals surface area contributed by atoms with Crippen LogP contribution in [-0.4, -0.2) is 18.1 Å². The van der Waals surface area contributed by atoms with Gasteiger partial charge in [-0.05, 0) is 25.0 Å². The van der Waals surface area contributed by atoms with Crippen LogP contribution < -0.4 is 11.1 Å². The molecule has 0 amide bonds. The molecule has 2 aromatic rings. The van der Waals surface area contributed by atoms with E-state index >= 15 is 0 Å². The van der Waals surface area contributed by atoms with Gasteiger partial charge in [-0.25, -0.2) is 0 Å². The quantitative estimate of drug-likeness (QED) is 0.571. The number of fused-ring (bicyclic) bond motifs is 2. The molecule has 0 heterocycles. The van der Waals surface area contributed by atoms with E-state index in [4.69, 9.17) is 5.73 Å². The van der Waals surface area contributed by atoms with Crippen LogP contribution in [0.4, 0.5) is 11.4 Å². The van der Waals surface area contributed by atoms with Crippen LogP contribution in [0.25, 0.3) is 0 Å². The summed E-state index contributed by atoms with van der Waals surface area (Å²) in [5, 5.41) is 3.29. The molecule has 0 aliphatic heterocycles. The van der Waals surface area contributed by atoms with Crippen LogP contribution in [0.3, 0.4) is 0 Å². The second kappa shape index (κ2) is 5.88. The van der Waals surface area contributed by atoms with E-state index in [0.717, 1.165) is 24.9 Å². The Balaban J connectivity index is 2.20. The maximum absolute atomic E-state index is 12.9. The van der Waals surface area contributed by atoms with Gasteiger partial charge in [-0.15, -0.1) is 0 Å². The van der Waals surface area contributed by atoms with Gasteiger partial charge >= 0.3 is 0 Å². The van der Waals surface area contributed by atoms with Gasteiger partial charge in [0.1, 0.15) is 0 Å². The lowest BCUT2D eigenvalue weighted by atomic mass is 9.81. The molecule has 23 heavy (non-hydrogen) atoms. The molecule has 0 aromatic heterocycles. The Morgan fingerprint density at radius 1 is 1.04 bits per heavy atom. The number of carbonyl (C=O) groups is 2. The van der Waals surface area contributed by atoms with Crippen molar-refractivity contribution < 1.29 is 9.59 Å². The molecule has 0 bridgehead atoms. The molecule has 0 unspecified atom stereocenters. The van der Waals surface area contributed by atoms with Crippen molar-refractivity contribution in [2.75, 3.05) is 17.6 Å². The molecular weight excluding hydrogens is 288 g/mol. The van der Waals surface area contributed by atoms with Crippen molar-refractivity contribution in [3.63, 3.8) is 0 Å².